The second-order valence-electron chi connectivity index (χ2n) is 6.16. The standard InChI is InChI=1S/C19H23N3O3S/c1-3-5-14-10-18(24)22-15(12-26-19(22)21-14)11-17(23)20-13-6-8-16(9-7-13)25-4-2/h6-10,15H,3-5,11-12H2,1-2H3,(H,20,23). The van der Waals surface area contributed by atoms with Crippen LogP contribution in [0.3, 0.4) is 0 Å². The van der Waals surface area contributed by atoms with Crippen LogP contribution in [0.25, 0.3) is 0 Å². The minimum Gasteiger partial charge on any atom is -0.494 e. The molecule has 1 N–H and O–H groups in total. The molecule has 1 amide bonds. The predicted octanol–water partition coefficient (Wildman–Crippen LogP) is 3.27. The average Bonchev–Trinajstić information content (AvgIpc) is 3.00. The molecule has 0 spiro atoms. The normalized spacial score (nSPS) is 15.5. The molecule has 1 aliphatic rings. The summed E-state index contributed by atoms with van der Waals surface area (Å²) in [6.07, 6.45) is 2.00. The number of fused-ring (bicyclic) bond motifs is 1. The topological polar surface area (TPSA) is 73.2 Å². The van der Waals surface area contributed by atoms with E-state index in [2.05, 4.69) is 17.2 Å². The van der Waals surface area contributed by atoms with Crippen LogP contribution in [0.5, 0.6) is 5.75 Å². The lowest BCUT2D eigenvalue weighted by Gasteiger charge is -2.14. The zero-order valence-electron chi connectivity index (χ0n) is 15.0. The Balaban J connectivity index is 1.65. The van der Waals surface area contributed by atoms with E-state index in [9.17, 15) is 9.59 Å². The van der Waals surface area contributed by atoms with Crippen LogP contribution in [0, 0.1) is 0 Å². The second kappa shape index (κ2) is 8.40. The predicted molar refractivity (Wildman–Crippen MR) is 103 cm³/mol. The molecule has 26 heavy (non-hydrogen) atoms. The van der Waals surface area contributed by atoms with Crippen molar-refractivity contribution < 1.29 is 9.53 Å². The molecule has 2 aromatic rings. The molecule has 3 rings (SSSR count). The van der Waals surface area contributed by atoms with Crippen LogP contribution in [-0.2, 0) is 11.2 Å². The van der Waals surface area contributed by atoms with Gasteiger partial charge in [0, 0.05) is 29.6 Å². The summed E-state index contributed by atoms with van der Waals surface area (Å²) in [5.41, 5.74) is 1.48. The molecule has 138 valence electrons. The van der Waals surface area contributed by atoms with E-state index in [1.165, 1.54) is 0 Å². The lowest BCUT2D eigenvalue weighted by atomic mass is 10.2. The Labute approximate surface area is 157 Å². The van der Waals surface area contributed by atoms with Gasteiger partial charge in [-0.15, -0.1) is 0 Å². The summed E-state index contributed by atoms with van der Waals surface area (Å²) in [5, 5.41) is 3.60. The van der Waals surface area contributed by atoms with Gasteiger partial charge in [0.1, 0.15) is 5.75 Å². The number of benzene rings is 1. The van der Waals surface area contributed by atoms with Crippen molar-refractivity contribution in [3.05, 3.63) is 46.4 Å². The molecule has 0 bridgehead atoms. The lowest BCUT2D eigenvalue weighted by Crippen LogP contribution is -2.27. The molecule has 0 radical (unpaired) electrons. The molecular formula is C19H23N3O3S. The van der Waals surface area contributed by atoms with Crippen LogP contribution in [-0.4, -0.2) is 27.8 Å². The van der Waals surface area contributed by atoms with Crippen molar-refractivity contribution in [2.45, 2.75) is 44.3 Å². The molecule has 1 aliphatic heterocycles. The summed E-state index contributed by atoms with van der Waals surface area (Å²) >= 11 is 1.54. The highest BCUT2D eigenvalue weighted by Crippen LogP contribution is 2.32. The van der Waals surface area contributed by atoms with E-state index in [4.69, 9.17) is 4.74 Å². The number of aromatic nitrogens is 2. The van der Waals surface area contributed by atoms with Gasteiger partial charge in [-0.2, -0.15) is 0 Å². The number of carbonyl (C=O) groups excluding carboxylic acids is 1. The number of nitrogens with one attached hydrogen (secondary N) is 1. The summed E-state index contributed by atoms with van der Waals surface area (Å²) < 4.78 is 7.05. The largest absolute Gasteiger partial charge is 0.494 e. The van der Waals surface area contributed by atoms with Gasteiger partial charge in [-0.25, -0.2) is 4.98 Å². The van der Waals surface area contributed by atoms with Crippen LogP contribution in [0.1, 0.15) is 38.4 Å². The number of anilines is 1. The molecule has 1 aromatic carbocycles. The molecule has 1 atom stereocenters. The average molecular weight is 373 g/mol. The fourth-order valence-corrected chi connectivity index (χ4v) is 4.13. The number of hydrogen-bond acceptors (Lipinski definition) is 5. The quantitative estimate of drug-likeness (QED) is 0.754. The maximum Gasteiger partial charge on any atom is 0.254 e. The monoisotopic (exact) mass is 373 g/mol. The Morgan fingerprint density at radius 1 is 1.35 bits per heavy atom. The summed E-state index contributed by atoms with van der Waals surface area (Å²) in [7, 11) is 0. The first-order valence-electron chi connectivity index (χ1n) is 8.88. The zero-order valence-corrected chi connectivity index (χ0v) is 15.8. The first kappa shape index (κ1) is 18.5. The smallest absolute Gasteiger partial charge is 0.254 e. The van der Waals surface area contributed by atoms with Gasteiger partial charge in [-0.05, 0) is 37.6 Å². The highest BCUT2D eigenvalue weighted by Gasteiger charge is 2.27. The molecule has 0 fully saturated rings. The number of rotatable bonds is 7. The third kappa shape index (κ3) is 4.27. The van der Waals surface area contributed by atoms with Gasteiger partial charge in [-0.1, -0.05) is 25.1 Å². The van der Waals surface area contributed by atoms with Crippen LogP contribution >= 0.6 is 11.8 Å². The summed E-state index contributed by atoms with van der Waals surface area (Å²) in [4.78, 5) is 29.4. The Morgan fingerprint density at radius 2 is 2.12 bits per heavy atom. The van der Waals surface area contributed by atoms with Crippen molar-refractivity contribution in [2.24, 2.45) is 0 Å². The molecule has 7 heteroatoms. The van der Waals surface area contributed by atoms with Crippen LogP contribution in [0.4, 0.5) is 5.69 Å². The maximum absolute atomic E-state index is 12.4. The van der Waals surface area contributed by atoms with Gasteiger partial charge in [-0.3, -0.25) is 14.2 Å². The molecule has 0 saturated carbocycles. The number of thioether (sulfide) groups is 1. The molecule has 0 aliphatic carbocycles. The Hall–Kier alpha value is -2.28. The number of ether oxygens (including phenoxy) is 1. The van der Waals surface area contributed by atoms with E-state index >= 15 is 0 Å². The molecule has 1 aromatic heterocycles. The van der Waals surface area contributed by atoms with E-state index in [-0.39, 0.29) is 23.9 Å². The maximum atomic E-state index is 12.4. The Kier molecular flexibility index (Phi) is 5.98. The first-order chi connectivity index (χ1) is 12.6. The van der Waals surface area contributed by atoms with Crippen molar-refractivity contribution >= 4 is 23.4 Å². The minimum absolute atomic E-state index is 0.0673. The van der Waals surface area contributed by atoms with Crippen molar-refractivity contribution in [1.29, 1.82) is 0 Å². The highest BCUT2D eigenvalue weighted by molar-refractivity contribution is 7.99. The third-order valence-corrected chi connectivity index (χ3v) is 5.22. The van der Waals surface area contributed by atoms with Crippen LogP contribution in [0.2, 0.25) is 0 Å². The van der Waals surface area contributed by atoms with Gasteiger partial charge in [0.15, 0.2) is 5.16 Å². The Bertz CT molecular complexity index is 833. The van der Waals surface area contributed by atoms with Crippen molar-refractivity contribution in [2.75, 3.05) is 17.7 Å². The molecule has 0 saturated heterocycles. The van der Waals surface area contributed by atoms with Gasteiger partial charge in [0.25, 0.3) is 5.56 Å². The number of aryl methyl sites for hydroxylation is 1. The molecule has 2 heterocycles. The van der Waals surface area contributed by atoms with E-state index in [0.29, 0.717) is 18.0 Å². The minimum atomic E-state index is -0.159. The van der Waals surface area contributed by atoms with Crippen molar-refractivity contribution in [3.63, 3.8) is 0 Å². The molecular weight excluding hydrogens is 350 g/mol. The Morgan fingerprint density at radius 3 is 2.81 bits per heavy atom. The van der Waals surface area contributed by atoms with E-state index in [1.54, 1.807) is 22.4 Å². The molecule has 6 nitrogen and oxygen atoms in total. The number of carbonyl (C=O) groups is 1. The number of nitrogens with zero attached hydrogens (tertiary/aromatic N) is 2. The lowest BCUT2D eigenvalue weighted by molar-refractivity contribution is -0.116. The SMILES string of the molecule is CCCc1cc(=O)n2c(n1)SCC2CC(=O)Nc1ccc(OCC)cc1. The van der Waals surface area contributed by atoms with Crippen LogP contribution in [0.15, 0.2) is 40.3 Å². The van der Waals surface area contributed by atoms with Gasteiger partial charge < -0.3 is 10.1 Å². The summed E-state index contributed by atoms with van der Waals surface area (Å²) in [6.45, 7) is 4.59. The van der Waals surface area contributed by atoms with E-state index < -0.39 is 0 Å². The van der Waals surface area contributed by atoms with E-state index in [1.807, 2.05) is 31.2 Å². The van der Waals surface area contributed by atoms with Crippen LogP contribution < -0.4 is 15.6 Å². The number of hydrogen-bond donors (Lipinski definition) is 1. The second-order valence-corrected chi connectivity index (χ2v) is 7.15. The van der Waals surface area contributed by atoms with Gasteiger partial charge >= 0.3 is 0 Å². The first-order valence-corrected chi connectivity index (χ1v) is 9.87. The fraction of sp³-hybridized carbons (Fsp3) is 0.421. The van der Waals surface area contributed by atoms with Crippen molar-refractivity contribution in [1.82, 2.24) is 9.55 Å². The highest BCUT2D eigenvalue weighted by atomic mass is 32.2. The molecule has 1 unspecified atom stereocenters. The summed E-state index contributed by atoms with van der Waals surface area (Å²) in [6, 6.07) is 8.70. The number of amides is 1. The zero-order chi connectivity index (χ0) is 18.5. The van der Waals surface area contributed by atoms with Crippen molar-refractivity contribution in [3.8, 4) is 5.75 Å². The fourth-order valence-electron chi connectivity index (χ4n) is 2.96. The van der Waals surface area contributed by atoms with Gasteiger partial charge in [0.05, 0.1) is 12.6 Å². The van der Waals surface area contributed by atoms with Gasteiger partial charge in [0.2, 0.25) is 5.91 Å². The van der Waals surface area contributed by atoms with E-state index in [0.717, 1.165) is 29.4 Å². The summed E-state index contributed by atoms with van der Waals surface area (Å²) in [5.74, 6) is 1.35. The third-order valence-electron chi connectivity index (χ3n) is 4.12.